The van der Waals surface area contributed by atoms with Gasteiger partial charge in [0.05, 0.1) is 9.95 Å². The molecule has 1 aromatic heterocycles. The second kappa shape index (κ2) is 3.11. The van der Waals surface area contributed by atoms with Gasteiger partial charge in [0.2, 0.25) is 0 Å². The highest BCUT2D eigenvalue weighted by atomic mass is 35.5. The molecule has 72 valence electrons. The smallest absolute Gasteiger partial charge is 0.292 e. The minimum absolute atomic E-state index is 0.0993. The third-order valence-corrected chi connectivity index (χ3v) is 3.26. The minimum Gasteiger partial charge on any atom is -0.393 e. The summed E-state index contributed by atoms with van der Waals surface area (Å²) in [5.41, 5.74) is 5.59. The Morgan fingerprint density at radius 3 is 2.86 bits per heavy atom. The first-order valence-electron chi connectivity index (χ1n) is 3.70. The Morgan fingerprint density at radius 1 is 1.50 bits per heavy atom. The summed E-state index contributed by atoms with van der Waals surface area (Å²) in [5, 5.41) is 13.5. The van der Waals surface area contributed by atoms with Gasteiger partial charge in [-0.25, -0.2) is 0 Å². The monoisotopic (exact) mass is 228 g/mol. The number of halogens is 1. The number of benzene rings is 1. The molecule has 14 heavy (non-hydrogen) atoms. The van der Waals surface area contributed by atoms with Gasteiger partial charge in [-0.1, -0.05) is 11.6 Å². The van der Waals surface area contributed by atoms with E-state index in [9.17, 15) is 10.1 Å². The highest BCUT2D eigenvalue weighted by Gasteiger charge is 2.14. The van der Waals surface area contributed by atoms with Crippen LogP contribution in [0.1, 0.15) is 0 Å². The van der Waals surface area contributed by atoms with Crippen LogP contribution in [0.5, 0.6) is 0 Å². The number of nitrogens with two attached hydrogens (primary N) is 1. The third kappa shape index (κ3) is 1.30. The molecule has 0 atom stereocenters. The molecule has 6 heteroatoms. The van der Waals surface area contributed by atoms with Crippen molar-refractivity contribution in [2.45, 2.75) is 0 Å². The largest absolute Gasteiger partial charge is 0.393 e. The zero-order valence-electron chi connectivity index (χ0n) is 6.86. The van der Waals surface area contributed by atoms with Crippen molar-refractivity contribution in [3.8, 4) is 0 Å². The molecule has 0 amide bonds. The van der Waals surface area contributed by atoms with Gasteiger partial charge in [-0.15, -0.1) is 11.3 Å². The van der Waals surface area contributed by atoms with Crippen LogP contribution in [-0.2, 0) is 0 Å². The van der Waals surface area contributed by atoms with E-state index in [1.54, 1.807) is 11.4 Å². The van der Waals surface area contributed by atoms with Crippen LogP contribution in [0.4, 0.5) is 11.4 Å². The average molecular weight is 229 g/mol. The lowest BCUT2D eigenvalue weighted by Gasteiger charge is -1.97. The van der Waals surface area contributed by atoms with Crippen molar-refractivity contribution in [1.29, 1.82) is 0 Å². The maximum Gasteiger partial charge on any atom is 0.292 e. The van der Waals surface area contributed by atoms with Crippen molar-refractivity contribution >= 4 is 44.4 Å². The molecule has 0 bridgehead atoms. The van der Waals surface area contributed by atoms with Crippen molar-refractivity contribution in [2.24, 2.45) is 0 Å². The van der Waals surface area contributed by atoms with Crippen molar-refractivity contribution in [2.75, 3.05) is 5.73 Å². The number of hydrogen-bond donors (Lipinski definition) is 1. The summed E-state index contributed by atoms with van der Waals surface area (Å²) < 4.78 is 0.859. The maximum absolute atomic E-state index is 10.6. The van der Waals surface area contributed by atoms with E-state index < -0.39 is 4.92 Å². The number of nitrogen functional groups attached to an aromatic ring is 1. The second-order valence-corrected chi connectivity index (χ2v) is 4.07. The van der Waals surface area contributed by atoms with Gasteiger partial charge in [-0.2, -0.15) is 0 Å². The first-order chi connectivity index (χ1) is 6.59. The van der Waals surface area contributed by atoms with E-state index in [0.29, 0.717) is 10.4 Å². The molecule has 2 rings (SSSR count). The Labute approximate surface area is 88.0 Å². The Kier molecular flexibility index (Phi) is 2.05. The van der Waals surface area contributed by atoms with Gasteiger partial charge in [-0.05, 0) is 6.07 Å². The van der Waals surface area contributed by atoms with Crippen LogP contribution in [0.15, 0.2) is 17.5 Å². The molecule has 0 saturated heterocycles. The van der Waals surface area contributed by atoms with E-state index in [1.807, 2.05) is 0 Å². The molecular formula is C8H5ClN2O2S. The maximum atomic E-state index is 10.6. The number of anilines is 1. The van der Waals surface area contributed by atoms with Crippen LogP contribution >= 0.6 is 22.9 Å². The molecule has 0 saturated carbocycles. The predicted molar refractivity (Wildman–Crippen MR) is 57.9 cm³/mol. The molecule has 0 fully saturated rings. The van der Waals surface area contributed by atoms with Gasteiger partial charge in [0, 0.05) is 21.5 Å². The van der Waals surface area contributed by atoms with Crippen LogP contribution in [0.2, 0.25) is 5.02 Å². The molecular weight excluding hydrogens is 224 g/mol. The van der Waals surface area contributed by atoms with Crippen molar-refractivity contribution in [3.05, 3.63) is 32.6 Å². The van der Waals surface area contributed by atoms with Crippen LogP contribution in [0, 0.1) is 10.1 Å². The van der Waals surface area contributed by atoms with Gasteiger partial charge in [0.1, 0.15) is 5.69 Å². The summed E-state index contributed by atoms with van der Waals surface area (Å²) in [4.78, 5) is 10.1. The van der Waals surface area contributed by atoms with Crippen LogP contribution < -0.4 is 5.73 Å². The molecule has 2 aromatic rings. The first kappa shape index (κ1) is 9.23. The van der Waals surface area contributed by atoms with E-state index in [0.717, 1.165) is 4.70 Å². The Morgan fingerprint density at radius 2 is 2.21 bits per heavy atom. The van der Waals surface area contributed by atoms with E-state index >= 15 is 0 Å². The number of nitro benzene ring substituents is 1. The average Bonchev–Trinajstić information content (AvgIpc) is 2.46. The summed E-state index contributed by atoms with van der Waals surface area (Å²) in [6.07, 6.45) is 0. The van der Waals surface area contributed by atoms with Gasteiger partial charge in [0.25, 0.3) is 5.69 Å². The summed E-state index contributed by atoms with van der Waals surface area (Å²) in [6, 6.07) is 2.98. The zero-order valence-corrected chi connectivity index (χ0v) is 8.43. The van der Waals surface area contributed by atoms with Gasteiger partial charge in [0.15, 0.2) is 0 Å². The van der Waals surface area contributed by atoms with Gasteiger partial charge < -0.3 is 5.73 Å². The van der Waals surface area contributed by atoms with E-state index in [4.69, 9.17) is 17.3 Å². The van der Waals surface area contributed by atoms with Crippen molar-refractivity contribution in [1.82, 2.24) is 0 Å². The Bertz CT molecular complexity index is 523. The normalized spacial score (nSPS) is 10.6. The van der Waals surface area contributed by atoms with Crippen molar-refractivity contribution < 1.29 is 4.92 Å². The summed E-state index contributed by atoms with van der Waals surface area (Å²) >= 11 is 7.26. The fraction of sp³-hybridized carbons (Fsp3) is 0. The molecule has 2 N–H and O–H groups in total. The number of hydrogen-bond acceptors (Lipinski definition) is 4. The molecule has 1 heterocycles. The minimum atomic E-state index is -0.511. The predicted octanol–water partition coefficient (Wildman–Crippen LogP) is 3.05. The third-order valence-electron chi connectivity index (χ3n) is 1.87. The Balaban J connectivity index is 2.80. The number of fused-ring (bicyclic) bond motifs is 1. The van der Waals surface area contributed by atoms with Gasteiger partial charge in [-0.3, -0.25) is 10.1 Å². The fourth-order valence-corrected chi connectivity index (χ4v) is 2.40. The fourth-order valence-electron chi connectivity index (χ4n) is 1.21. The number of rotatable bonds is 1. The molecule has 0 aliphatic heterocycles. The second-order valence-electron chi connectivity index (χ2n) is 2.75. The number of thiophene rings is 1. The van der Waals surface area contributed by atoms with Gasteiger partial charge >= 0.3 is 0 Å². The lowest BCUT2D eigenvalue weighted by atomic mass is 10.2. The van der Waals surface area contributed by atoms with Crippen LogP contribution in [-0.4, -0.2) is 4.92 Å². The molecule has 0 unspecified atom stereocenters. The van der Waals surface area contributed by atoms with E-state index in [2.05, 4.69) is 0 Å². The molecule has 0 spiro atoms. The molecule has 0 radical (unpaired) electrons. The molecule has 1 aromatic carbocycles. The highest BCUT2D eigenvalue weighted by molar-refractivity contribution is 7.17. The lowest BCUT2D eigenvalue weighted by molar-refractivity contribution is -0.383. The van der Waals surface area contributed by atoms with Crippen molar-refractivity contribution in [3.63, 3.8) is 0 Å². The van der Waals surface area contributed by atoms with E-state index in [-0.39, 0.29) is 11.4 Å². The quantitative estimate of drug-likeness (QED) is 0.463. The topological polar surface area (TPSA) is 69.2 Å². The molecule has 0 aliphatic rings. The summed E-state index contributed by atoms with van der Waals surface area (Å²) in [7, 11) is 0. The molecule has 0 aliphatic carbocycles. The summed E-state index contributed by atoms with van der Waals surface area (Å²) in [5.74, 6) is 0. The van der Waals surface area contributed by atoms with Crippen LogP contribution in [0.3, 0.4) is 0 Å². The van der Waals surface area contributed by atoms with E-state index in [1.165, 1.54) is 17.4 Å². The standard InChI is InChI=1S/C8H5ClN2O2S/c9-5-3-14-8-2-6(10)7(11(12)13)1-4(5)8/h1-3H,10H2. The first-order valence-corrected chi connectivity index (χ1v) is 4.96. The van der Waals surface area contributed by atoms with Crippen LogP contribution in [0.25, 0.3) is 10.1 Å². The zero-order chi connectivity index (χ0) is 10.3. The highest BCUT2D eigenvalue weighted by Crippen LogP contribution is 2.35. The molecule has 4 nitrogen and oxygen atoms in total. The SMILES string of the molecule is Nc1cc2scc(Cl)c2cc1[N+](=O)[O-]. The number of nitro groups is 1. The number of nitrogens with zero attached hydrogens (tertiary/aromatic N) is 1. The lowest BCUT2D eigenvalue weighted by Crippen LogP contribution is -1.94. The summed E-state index contributed by atoms with van der Waals surface area (Å²) in [6.45, 7) is 0. The Hall–Kier alpha value is -1.33.